The molecule has 0 fully saturated rings. The Morgan fingerprint density at radius 3 is 2.67 bits per heavy atom. The van der Waals surface area contributed by atoms with Gasteiger partial charge in [0.15, 0.2) is 0 Å². The van der Waals surface area contributed by atoms with Gasteiger partial charge in [-0.15, -0.1) is 0 Å². The van der Waals surface area contributed by atoms with Gasteiger partial charge in [0, 0.05) is 5.56 Å². The van der Waals surface area contributed by atoms with Crippen molar-refractivity contribution in [3.63, 3.8) is 0 Å². The summed E-state index contributed by atoms with van der Waals surface area (Å²) in [6.07, 6.45) is 6.62. The summed E-state index contributed by atoms with van der Waals surface area (Å²) in [4.78, 5) is 0. The second kappa shape index (κ2) is 2.70. The number of aryl methyl sites for hydroxylation is 2. The summed E-state index contributed by atoms with van der Waals surface area (Å²) in [7, 11) is 0. The molecular weight excluding hydrogens is 148 g/mol. The predicted molar refractivity (Wildman–Crippen MR) is 48.9 cm³/mol. The molecule has 0 saturated heterocycles. The van der Waals surface area contributed by atoms with E-state index in [1.165, 1.54) is 11.1 Å². The van der Waals surface area contributed by atoms with Crippen LogP contribution in [0.25, 0.3) is 6.08 Å². The van der Waals surface area contributed by atoms with Crippen LogP contribution in [0.4, 0.5) is 0 Å². The maximum atomic E-state index is 4.11. The second-order valence-electron chi connectivity index (χ2n) is 3.20. The van der Waals surface area contributed by atoms with Gasteiger partial charge >= 0.3 is 0 Å². The van der Waals surface area contributed by atoms with Crippen LogP contribution in [0, 0.1) is 13.8 Å². The molecule has 1 heterocycles. The molecule has 1 aromatic rings. The van der Waals surface area contributed by atoms with Crippen molar-refractivity contribution in [1.82, 2.24) is 10.2 Å². The average Bonchev–Trinajstić information content (AvgIpc) is 2.12. The fraction of sp³-hybridized carbons (Fsp3) is 0.400. The van der Waals surface area contributed by atoms with Crippen molar-refractivity contribution in [2.45, 2.75) is 26.7 Å². The summed E-state index contributed by atoms with van der Waals surface area (Å²) in [5.74, 6) is 0. The van der Waals surface area contributed by atoms with Crippen molar-refractivity contribution in [3.8, 4) is 0 Å². The summed E-state index contributed by atoms with van der Waals surface area (Å²) in [5, 5.41) is 8.20. The third-order valence-electron chi connectivity index (χ3n) is 2.35. The van der Waals surface area contributed by atoms with Crippen LogP contribution in [0.3, 0.4) is 0 Å². The molecule has 1 aliphatic rings. The topological polar surface area (TPSA) is 25.8 Å². The molecular formula is C10H12N2. The van der Waals surface area contributed by atoms with Crippen LogP contribution in [0.2, 0.25) is 0 Å². The molecule has 2 heteroatoms. The van der Waals surface area contributed by atoms with Crippen LogP contribution >= 0.6 is 0 Å². The quantitative estimate of drug-likeness (QED) is 0.580. The fourth-order valence-electron chi connectivity index (χ4n) is 1.64. The van der Waals surface area contributed by atoms with Crippen LogP contribution in [-0.2, 0) is 6.42 Å². The van der Waals surface area contributed by atoms with Crippen molar-refractivity contribution in [2.24, 2.45) is 0 Å². The van der Waals surface area contributed by atoms with E-state index in [9.17, 15) is 0 Å². The number of rotatable bonds is 0. The first kappa shape index (κ1) is 7.47. The van der Waals surface area contributed by atoms with Gasteiger partial charge in [0.2, 0.25) is 0 Å². The molecule has 0 spiro atoms. The molecule has 0 saturated carbocycles. The van der Waals surface area contributed by atoms with E-state index >= 15 is 0 Å². The van der Waals surface area contributed by atoms with Gasteiger partial charge in [-0.05, 0) is 32.3 Å². The lowest BCUT2D eigenvalue weighted by Crippen LogP contribution is -2.04. The molecule has 62 valence electrons. The standard InChI is InChI=1S/C10H12N2/c1-7-9-5-3-4-6-10(9)8(2)12-11-7/h3,5H,4,6H2,1-2H3. The van der Waals surface area contributed by atoms with E-state index in [2.05, 4.69) is 22.3 Å². The highest BCUT2D eigenvalue weighted by Gasteiger charge is 2.10. The van der Waals surface area contributed by atoms with E-state index in [0.717, 1.165) is 24.2 Å². The number of aromatic nitrogens is 2. The Hall–Kier alpha value is -1.18. The van der Waals surface area contributed by atoms with Crippen molar-refractivity contribution >= 4 is 6.08 Å². The lowest BCUT2D eigenvalue weighted by Gasteiger charge is -2.13. The van der Waals surface area contributed by atoms with Gasteiger partial charge in [0.05, 0.1) is 11.4 Å². The Morgan fingerprint density at radius 1 is 1.17 bits per heavy atom. The van der Waals surface area contributed by atoms with E-state index in [4.69, 9.17) is 0 Å². The highest BCUT2D eigenvalue weighted by molar-refractivity contribution is 5.58. The summed E-state index contributed by atoms with van der Waals surface area (Å²) >= 11 is 0. The smallest absolute Gasteiger partial charge is 0.0675 e. The minimum Gasteiger partial charge on any atom is -0.155 e. The molecule has 0 amide bonds. The number of hydrogen-bond acceptors (Lipinski definition) is 2. The molecule has 0 N–H and O–H groups in total. The van der Waals surface area contributed by atoms with E-state index in [1.54, 1.807) is 0 Å². The second-order valence-corrected chi connectivity index (χ2v) is 3.20. The molecule has 0 atom stereocenters. The SMILES string of the molecule is Cc1nnc(C)c2c1C=CCC2. The van der Waals surface area contributed by atoms with E-state index in [0.29, 0.717) is 0 Å². The Morgan fingerprint density at radius 2 is 1.92 bits per heavy atom. The first-order valence-electron chi connectivity index (χ1n) is 4.28. The van der Waals surface area contributed by atoms with E-state index < -0.39 is 0 Å². The molecule has 0 unspecified atom stereocenters. The third kappa shape index (κ3) is 1.04. The monoisotopic (exact) mass is 160 g/mol. The molecule has 1 aliphatic carbocycles. The lowest BCUT2D eigenvalue weighted by atomic mass is 9.96. The first-order chi connectivity index (χ1) is 5.79. The molecule has 0 aliphatic heterocycles. The number of fused-ring (bicyclic) bond motifs is 1. The Labute approximate surface area is 72.3 Å². The minimum atomic E-state index is 1.05. The molecule has 0 aromatic carbocycles. The summed E-state index contributed by atoms with van der Waals surface area (Å²) < 4.78 is 0. The normalized spacial score (nSPS) is 14.5. The van der Waals surface area contributed by atoms with E-state index in [1.807, 2.05) is 13.8 Å². The Bertz CT molecular complexity index is 340. The summed E-state index contributed by atoms with van der Waals surface area (Å²) in [6.45, 7) is 4.05. The maximum absolute atomic E-state index is 4.11. The zero-order valence-electron chi connectivity index (χ0n) is 7.46. The van der Waals surface area contributed by atoms with Gasteiger partial charge in [0.25, 0.3) is 0 Å². The first-order valence-corrected chi connectivity index (χ1v) is 4.28. The van der Waals surface area contributed by atoms with Gasteiger partial charge in [-0.3, -0.25) is 0 Å². The number of allylic oxidation sites excluding steroid dienone is 1. The van der Waals surface area contributed by atoms with Gasteiger partial charge in [-0.25, -0.2) is 0 Å². The van der Waals surface area contributed by atoms with Gasteiger partial charge in [-0.1, -0.05) is 12.2 Å². The zero-order chi connectivity index (χ0) is 8.55. The van der Waals surface area contributed by atoms with Crippen molar-refractivity contribution < 1.29 is 0 Å². The zero-order valence-corrected chi connectivity index (χ0v) is 7.46. The Balaban J connectivity index is 2.67. The highest BCUT2D eigenvalue weighted by atomic mass is 15.1. The molecule has 0 radical (unpaired) electrons. The fourth-order valence-corrected chi connectivity index (χ4v) is 1.64. The van der Waals surface area contributed by atoms with Crippen LogP contribution in [0.5, 0.6) is 0 Å². The lowest BCUT2D eigenvalue weighted by molar-refractivity contribution is 0.864. The average molecular weight is 160 g/mol. The highest BCUT2D eigenvalue weighted by Crippen LogP contribution is 2.22. The van der Waals surface area contributed by atoms with Gasteiger partial charge in [-0.2, -0.15) is 10.2 Å². The molecule has 1 aromatic heterocycles. The van der Waals surface area contributed by atoms with Crippen molar-refractivity contribution in [2.75, 3.05) is 0 Å². The number of hydrogen-bond donors (Lipinski definition) is 0. The molecule has 0 bridgehead atoms. The maximum Gasteiger partial charge on any atom is 0.0675 e. The largest absolute Gasteiger partial charge is 0.155 e. The van der Waals surface area contributed by atoms with Crippen molar-refractivity contribution in [3.05, 3.63) is 28.6 Å². The van der Waals surface area contributed by atoms with Crippen molar-refractivity contribution in [1.29, 1.82) is 0 Å². The summed E-state index contributed by atoms with van der Waals surface area (Å²) in [5.41, 5.74) is 4.80. The molecule has 2 nitrogen and oxygen atoms in total. The predicted octanol–water partition coefficient (Wildman–Crippen LogP) is 2.05. The minimum absolute atomic E-state index is 1.05. The molecule has 2 rings (SSSR count). The van der Waals surface area contributed by atoms with Crippen LogP contribution in [-0.4, -0.2) is 10.2 Å². The van der Waals surface area contributed by atoms with Crippen LogP contribution < -0.4 is 0 Å². The van der Waals surface area contributed by atoms with E-state index in [-0.39, 0.29) is 0 Å². The third-order valence-corrected chi connectivity index (χ3v) is 2.35. The van der Waals surface area contributed by atoms with Gasteiger partial charge in [0.1, 0.15) is 0 Å². The number of nitrogens with zero attached hydrogens (tertiary/aromatic N) is 2. The van der Waals surface area contributed by atoms with Gasteiger partial charge < -0.3 is 0 Å². The van der Waals surface area contributed by atoms with Crippen LogP contribution in [0.15, 0.2) is 6.08 Å². The van der Waals surface area contributed by atoms with Crippen LogP contribution in [0.1, 0.15) is 28.9 Å². The molecule has 12 heavy (non-hydrogen) atoms. The summed E-state index contributed by atoms with van der Waals surface area (Å²) in [6, 6.07) is 0. The Kier molecular flexibility index (Phi) is 1.68.